The maximum Gasteiger partial charge on any atom is 0.170 e. The molecule has 0 bridgehead atoms. The van der Waals surface area contributed by atoms with Crippen molar-refractivity contribution >= 4 is 23.0 Å². The van der Waals surface area contributed by atoms with Crippen LogP contribution in [0.15, 0.2) is 79.0 Å². The summed E-state index contributed by atoms with van der Waals surface area (Å²) in [6, 6.07) is 23.8. The molecule has 0 spiro atoms. The molecule has 4 nitrogen and oxygen atoms in total. The monoisotopic (exact) mass is 363 g/mol. The molecule has 0 amide bonds. The predicted octanol–water partition coefficient (Wildman–Crippen LogP) is 4.19. The van der Waals surface area contributed by atoms with Crippen LogP contribution in [-0.4, -0.2) is 16.6 Å². The normalized spacial score (nSPS) is 10.2. The number of aromatic nitrogens is 1. The Morgan fingerprint density at radius 2 is 1.69 bits per heavy atom. The Morgan fingerprint density at radius 3 is 2.50 bits per heavy atom. The van der Waals surface area contributed by atoms with Gasteiger partial charge in [-0.1, -0.05) is 48.5 Å². The molecule has 2 N–H and O–H groups in total. The van der Waals surface area contributed by atoms with E-state index in [1.807, 2.05) is 72.8 Å². The molecule has 0 fully saturated rings. The zero-order valence-corrected chi connectivity index (χ0v) is 15.2. The van der Waals surface area contributed by atoms with Crippen molar-refractivity contribution in [1.29, 1.82) is 0 Å². The van der Waals surface area contributed by atoms with E-state index in [9.17, 15) is 0 Å². The van der Waals surface area contributed by atoms with Crippen LogP contribution in [-0.2, 0) is 13.0 Å². The maximum absolute atomic E-state index is 5.94. The first-order valence-corrected chi connectivity index (χ1v) is 8.92. The predicted molar refractivity (Wildman–Crippen MR) is 109 cm³/mol. The molecule has 3 rings (SSSR count). The zero-order valence-electron chi connectivity index (χ0n) is 14.4. The van der Waals surface area contributed by atoms with E-state index in [0.717, 1.165) is 35.7 Å². The van der Waals surface area contributed by atoms with Gasteiger partial charge in [0.2, 0.25) is 0 Å². The number of thiocarbonyl (C=S) groups is 1. The molecule has 0 aliphatic carbocycles. The van der Waals surface area contributed by atoms with E-state index >= 15 is 0 Å². The number of pyridine rings is 1. The summed E-state index contributed by atoms with van der Waals surface area (Å²) in [4.78, 5) is 4.30. The third-order valence-electron chi connectivity index (χ3n) is 3.77. The number of benzene rings is 2. The van der Waals surface area contributed by atoms with Gasteiger partial charge in [0.1, 0.15) is 12.4 Å². The van der Waals surface area contributed by atoms with Gasteiger partial charge < -0.3 is 15.4 Å². The summed E-state index contributed by atoms with van der Waals surface area (Å²) in [5.41, 5.74) is 3.01. The lowest BCUT2D eigenvalue weighted by Crippen LogP contribution is -2.30. The standard InChI is InChI=1S/C21H21N3OS/c26-21(23-15-13-18-10-6-7-14-22-18)24-19-11-4-5-12-20(19)25-16-17-8-2-1-3-9-17/h1-12,14H,13,15-16H2,(H2,23,24,26). The average Bonchev–Trinajstić information content (AvgIpc) is 2.69. The summed E-state index contributed by atoms with van der Waals surface area (Å²) >= 11 is 5.39. The minimum atomic E-state index is 0.513. The molecule has 1 heterocycles. The molecule has 0 aliphatic rings. The van der Waals surface area contributed by atoms with Crippen molar-refractivity contribution in [2.45, 2.75) is 13.0 Å². The van der Waals surface area contributed by atoms with E-state index in [4.69, 9.17) is 17.0 Å². The minimum Gasteiger partial charge on any atom is -0.487 e. The second-order valence-corrected chi connectivity index (χ2v) is 6.13. The Kier molecular flexibility index (Phi) is 6.56. The number of para-hydroxylation sites is 2. The zero-order chi connectivity index (χ0) is 18.0. The first kappa shape index (κ1) is 17.9. The molecule has 0 atom stereocenters. The van der Waals surface area contributed by atoms with Gasteiger partial charge in [-0.15, -0.1) is 0 Å². The summed E-state index contributed by atoms with van der Waals surface area (Å²) < 4.78 is 5.94. The van der Waals surface area contributed by atoms with Crippen LogP contribution in [0.5, 0.6) is 5.75 Å². The van der Waals surface area contributed by atoms with Gasteiger partial charge in [-0.2, -0.15) is 0 Å². The molecule has 0 aliphatic heterocycles. The molecule has 26 heavy (non-hydrogen) atoms. The van der Waals surface area contributed by atoms with E-state index in [-0.39, 0.29) is 0 Å². The van der Waals surface area contributed by atoms with Crippen LogP contribution in [0.2, 0.25) is 0 Å². The number of ether oxygens (including phenoxy) is 1. The number of rotatable bonds is 7. The third-order valence-corrected chi connectivity index (χ3v) is 4.01. The molecular formula is C21H21N3OS. The molecule has 132 valence electrons. The van der Waals surface area contributed by atoms with Gasteiger partial charge in [0.15, 0.2) is 5.11 Å². The quantitative estimate of drug-likeness (QED) is 0.616. The third kappa shape index (κ3) is 5.57. The highest BCUT2D eigenvalue weighted by Gasteiger charge is 2.05. The number of hydrogen-bond acceptors (Lipinski definition) is 3. The SMILES string of the molecule is S=C(NCCc1ccccn1)Nc1ccccc1OCc1ccccc1. The molecule has 2 aromatic carbocycles. The molecule has 3 aromatic rings. The topological polar surface area (TPSA) is 46.2 Å². The van der Waals surface area contributed by atoms with Crippen molar-refractivity contribution in [2.24, 2.45) is 0 Å². The largest absolute Gasteiger partial charge is 0.487 e. The lowest BCUT2D eigenvalue weighted by Gasteiger charge is -2.15. The van der Waals surface area contributed by atoms with E-state index in [2.05, 4.69) is 15.6 Å². The second kappa shape index (κ2) is 9.53. The van der Waals surface area contributed by atoms with Crippen LogP contribution in [0, 0.1) is 0 Å². The second-order valence-electron chi connectivity index (χ2n) is 5.72. The lowest BCUT2D eigenvalue weighted by molar-refractivity contribution is 0.308. The van der Waals surface area contributed by atoms with Crippen molar-refractivity contribution in [3.63, 3.8) is 0 Å². The summed E-state index contributed by atoms with van der Waals surface area (Å²) in [5.74, 6) is 0.769. The summed E-state index contributed by atoms with van der Waals surface area (Å²) in [5, 5.41) is 6.98. The minimum absolute atomic E-state index is 0.513. The van der Waals surface area contributed by atoms with Crippen LogP contribution < -0.4 is 15.4 Å². The molecule has 1 aromatic heterocycles. The van der Waals surface area contributed by atoms with Crippen molar-refractivity contribution < 1.29 is 4.74 Å². The molecule has 5 heteroatoms. The fourth-order valence-electron chi connectivity index (χ4n) is 2.45. The van der Waals surface area contributed by atoms with E-state index < -0.39 is 0 Å². The Bertz CT molecular complexity index is 825. The van der Waals surface area contributed by atoms with Gasteiger partial charge in [0.25, 0.3) is 0 Å². The van der Waals surface area contributed by atoms with Gasteiger partial charge >= 0.3 is 0 Å². The first-order valence-electron chi connectivity index (χ1n) is 8.52. The van der Waals surface area contributed by atoms with Crippen LogP contribution in [0.3, 0.4) is 0 Å². The van der Waals surface area contributed by atoms with E-state index in [1.165, 1.54) is 0 Å². The van der Waals surface area contributed by atoms with Crippen molar-refractivity contribution in [3.05, 3.63) is 90.3 Å². The highest BCUT2D eigenvalue weighted by atomic mass is 32.1. The van der Waals surface area contributed by atoms with Crippen LogP contribution in [0.4, 0.5) is 5.69 Å². The highest BCUT2D eigenvalue weighted by Crippen LogP contribution is 2.24. The van der Waals surface area contributed by atoms with E-state index in [1.54, 1.807) is 6.20 Å². The van der Waals surface area contributed by atoms with Crippen LogP contribution >= 0.6 is 12.2 Å². The number of anilines is 1. The first-order chi connectivity index (χ1) is 12.8. The summed E-state index contributed by atoms with van der Waals surface area (Å²) in [6.07, 6.45) is 2.61. The summed E-state index contributed by atoms with van der Waals surface area (Å²) in [6.45, 7) is 1.23. The van der Waals surface area contributed by atoms with Crippen LogP contribution in [0.25, 0.3) is 0 Å². The Hall–Kier alpha value is -2.92. The highest BCUT2D eigenvalue weighted by molar-refractivity contribution is 7.80. The number of nitrogens with one attached hydrogen (secondary N) is 2. The van der Waals surface area contributed by atoms with Crippen molar-refractivity contribution in [3.8, 4) is 5.75 Å². The fourth-order valence-corrected chi connectivity index (χ4v) is 2.66. The number of hydrogen-bond donors (Lipinski definition) is 2. The fraction of sp³-hybridized carbons (Fsp3) is 0.143. The van der Waals surface area contributed by atoms with E-state index in [0.29, 0.717) is 11.7 Å². The van der Waals surface area contributed by atoms with Crippen LogP contribution in [0.1, 0.15) is 11.3 Å². The smallest absolute Gasteiger partial charge is 0.170 e. The molecular weight excluding hydrogens is 342 g/mol. The Labute approximate surface area is 159 Å². The van der Waals surface area contributed by atoms with Crippen molar-refractivity contribution in [2.75, 3.05) is 11.9 Å². The molecule has 0 radical (unpaired) electrons. The maximum atomic E-state index is 5.94. The van der Waals surface area contributed by atoms with Gasteiger partial charge in [-0.25, -0.2) is 0 Å². The van der Waals surface area contributed by atoms with Gasteiger partial charge in [-0.05, 0) is 42.0 Å². The van der Waals surface area contributed by atoms with Gasteiger partial charge in [0, 0.05) is 24.9 Å². The molecule has 0 unspecified atom stereocenters. The van der Waals surface area contributed by atoms with Gasteiger partial charge in [-0.3, -0.25) is 4.98 Å². The number of nitrogens with zero attached hydrogens (tertiary/aromatic N) is 1. The Balaban J connectivity index is 1.51. The molecule has 0 saturated heterocycles. The van der Waals surface area contributed by atoms with Gasteiger partial charge in [0.05, 0.1) is 5.69 Å². The summed E-state index contributed by atoms with van der Waals surface area (Å²) in [7, 11) is 0. The molecule has 0 saturated carbocycles. The van der Waals surface area contributed by atoms with Crippen molar-refractivity contribution in [1.82, 2.24) is 10.3 Å². The average molecular weight is 363 g/mol. The Morgan fingerprint density at radius 1 is 0.923 bits per heavy atom. The lowest BCUT2D eigenvalue weighted by atomic mass is 10.2.